The zero-order chi connectivity index (χ0) is 12.4. The Labute approximate surface area is 107 Å². The lowest BCUT2D eigenvalue weighted by molar-refractivity contribution is 0.462. The molecule has 1 aliphatic carbocycles. The Morgan fingerprint density at radius 3 is 2.83 bits per heavy atom. The van der Waals surface area contributed by atoms with Crippen LogP contribution in [0.5, 0.6) is 0 Å². The zero-order valence-corrected chi connectivity index (χ0v) is 10.7. The minimum absolute atomic E-state index is 0.560. The van der Waals surface area contributed by atoms with Gasteiger partial charge in [-0.25, -0.2) is 9.97 Å². The fourth-order valence-electron chi connectivity index (χ4n) is 2.65. The molecule has 2 aromatic rings. The molecule has 2 aromatic heterocycles. The standard InChI is InChI=1S/C14H18N4/c1-10-16-13-9-15-8-7-12(13)14(17-10)18-11-5-3-2-4-6-11/h7-9,11H,2-6H2,1H3,(H,16,17,18). The van der Waals surface area contributed by atoms with Crippen molar-refractivity contribution >= 4 is 16.7 Å². The van der Waals surface area contributed by atoms with E-state index >= 15 is 0 Å². The molecule has 0 unspecified atom stereocenters. The van der Waals surface area contributed by atoms with E-state index in [4.69, 9.17) is 0 Å². The van der Waals surface area contributed by atoms with E-state index in [-0.39, 0.29) is 0 Å². The molecule has 94 valence electrons. The molecular weight excluding hydrogens is 224 g/mol. The molecular formula is C14H18N4. The van der Waals surface area contributed by atoms with Crippen molar-refractivity contribution in [2.75, 3.05) is 5.32 Å². The molecule has 0 radical (unpaired) electrons. The average Bonchev–Trinajstić information content (AvgIpc) is 2.40. The van der Waals surface area contributed by atoms with Crippen molar-refractivity contribution in [3.05, 3.63) is 24.3 Å². The second kappa shape index (κ2) is 4.88. The van der Waals surface area contributed by atoms with Gasteiger partial charge >= 0.3 is 0 Å². The Hall–Kier alpha value is -1.71. The summed E-state index contributed by atoms with van der Waals surface area (Å²) in [5, 5.41) is 4.66. The molecule has 0 saturated heterocycles. The summed E-state index contributed by atoms with van der Waals surface area (Å²) in [6.07, 6.45) is 10.1. The van der Waals surface area contributed by atoms with Crippen LogP contribution >= 0.6 is 0 Å². The molecule has 0 spiro atoms. The highest BCUT2D eigenvalue weighted by Gasteiger charge is 2.15. The molecule has 0 bridgehead atoms. The summed E-state index contributed by atoms with van der Waals surface area (Å²) in [7, 11) is 0. The summed E-state index contributed by atoms with van der Waals surface area (Å²) >= 11 is 0. The molecule has 0 aromatic carbocycles. The van der Waals surface area contributed by atoms with E-state index in [0.717, 1.165) is 22.5 Å². The third kappa shape index (κ3) is 2.28. The van der Waals surface area contributed by atoms with Crippen LogP contribution in [0, 0.1) is 6.92 Å². The fraction of sp³-hybridized carbons (Fsp3) is 0.500. The molecule has 18 heavy (non-hydrogen) atoms. The summed E-state index contributed by atoms with van der Waals surface area (Å²) in [5.74, 6) is 1.76. The molecule has 1 N–H and O–H groups in total. The number of pyridine rings is 1. The number of nitrogens with zero attached hydrogens (tertiary/aromatic N) is 3. The van der Waals surface area contributed by atoms with Crippen molar-refractivity contribution in [3.63, 3.8) is 0 Å². The van der Waals surface area contributed by atoms with E-state index < -0.39 is 0 Å². The molecule has 4 nitrogen and oxygen atoms in total. The quantitative estimate of drug-likeness (QED) is 0.879. The van der Waals surface area contributed by atoms with Crippen molar-refractivity contribution in [1.82, 2.24) is 15.0 Å². The van der Waals surface area contributed by atoms with Crippen molar-refractivity contribution in [2.45, 2.75) is 45.1 Å². The van der Waals surface area contributed by atoms with Gasteiger partial charge in [0.15, 0.2) is 0 Å². The van der Waals surface area contributed by atoms with E-state index in [1.807, 2.05) is 13.0 Å². The van der Waals surface area contributed by atoms with Gasteiger partial charge in [0.05, 0.1) is 11.7 Å². The van der Waals surface area contributed by atoms with Crippen molar-refractivity contribution in [1.29, 1.82) is 0 Å². The summed E-state index contributed by atoms with van der Waals surface area (Å²) in [6, 6.07) is 2.55. The maximum Gasteiger partial charge on any atom is 0.137 e. The van der Waals surface area contributed by atoms with Crippen molar-refractivity contribution in [3.8, 4) is 0 Å². The second-order valence-electron chi connectivity index (χ2n) is 4.99. The molecule has 1 aliphatic rings. The van der Waals surface area contributed by atoms with Crippen LogP contribution in [0.1, 0.15) is 37.9 Å². The van der Waals surface area contributed by atoms with Crippen molar-refractivity contribution in [2.24, 2.45) is 0 Å². The topological polar surface area (TPSA) is 50.7 Å². The Balaban J connectivity index is 1.94. The molecule has 0 aliphatic heterocycles. The summed E-state index contributed by atoms with van der Waals surface area (Å²) in [6.45, 7) is 1.93. The van der Waals surface area contributed by atoms with Crippen LogP contribution in [0.25, 0.3) is 10.9 Å². The summed E-state index contributed by atoms with van der Waals surface area (Å²) < 4.78 is 0. The molecule has 0 amide bonds. The number of fused-ring (bicyclic) bond motifs is 1. The monoisotopic (exact) mass is 242 g/mol. The first-order chi connectivity index (χ1) is 8.83. The van der Waals surface area contributed by atoms with Gasteiger partial charge in [-0.15, -0.1) is 0 Å². The largest absolute Gasteiger partial charge is 0.367 e. The first-order valence-electron chi connectivity index (χ1n) is 6.68. The minimum atomic E-state index is 0.560. The Morgan fingerprint density at radius 2 is 2.00 bits per heavy atom. The molecule has 1 fully saturated rings. The van der Waals surface area contributed by atoms with E-state index in [9.17, 15) is 0 Å². The highest BCUT2D eigenvalue weighted by Crippen LogP contribution is 2.24. The van der Waals surface area contributed by atoms with Gasteiger partial charge in [-0.3, -0.25) is 4.98 Å². The number of hydrogen-bond donors (Lipinski definition) is 1. The number of nitrogens with one attached hydrogen (secondary N) is 1. The Morgan fingerprint density at radius 1 is 1.17 bits per heavy atom. The lowest BCUT2D eigenvalue weighted by Gasteiger charge is -2.23. The Kier molecular flexibility index (Phi) is 3.09. The number of aryl methyl sites for hydroxylation is 1. The number of rotatable bonds is 2. The predicted octanol–water partition coefficient (Wildman–Crippen LogP) is 3.08. The third-order valence-corrected chi connectivity index (χ3v) is 3.56. The van der Waals surface area contributed by atoms with Gasteiger partial charge in [-0.1, -0.05) is 19.3 Å². The predicted molar refractivity (Wildman–Crippen MR) is 72.6 cm³/mol. The van der Waals surface area contributed by atoms with Gasteiger partial charge in [0.2, 0.25) is 0 Å². The molecule has 1 saturated carbocycles. The van der Waals surface area contributed by atoms with E-state index in [1.54, 1.807) is 12.4 Å². The summed E-state index contributed by atoms with van der Waals surface area (Å²) in [5.41, 5.74) is 0.920. The van der Waals surface area contributed by atoms with Gasteiger partial charge in [0.25, 0.3) is 0 Å². The van der Waals surface area contributed by atoms with E-state index in [0.29, 0.717) is 6.04 Å². The van der Waals surface area contributed by atoms with Gasteiger partial charge in [0.1, 0.15) is 11.6 Å². The number of hydrogen-bond acceptors (Lipinski definition) is 4. The zero-order valence-electron chi connectivity index (χ0n) is 10.7. The molecule has 3 rings (SSSR count). The third-order valence-electron chi connectivity index (χ3n) is 3.56. The highest BCUT2D eigenvalue weighted by molar-refractivity contribution is 5.88. The van der Waals surface area contributed by atoms with Crippen molar-refractivity contribution < 1.29 is 0 Å². The summed E-state index contributed by atoms with van der Waals surface area (Å²) in [4.78, 5) is 13.1. The maximum absolute atomic E-state index is 4.55. The van der Waals surface area contributed by atoms with Crippen LogP contribution in [-0.4, -0.2) is 21.0 Å². The second-order valence-corrected chi connectivity index (χ2v) is 4.99. The van der Waals surface area contributed by atoms with Crippen LogP contribution in [0.15, 0.2) is 18.5 Å². The molecule has 2 heterocycles. The SMILES string of the molecule is Cc1nc(NC2CCCCC2)c2ccncc2n1. The van der Waals surface area contributed by atoms with E-state index in [2.05, 4.69) is 20.3 Å². The minimum Gasteiger partial charge on any atom is -0.367 e. The normalized spacial score (nSPS) is 16.9. The molecule has 0 atom stereocenters. The van der Waals surface area contributed by atoms with Gasteiger partial charge in [0, 0.05) is 17.6 Å². The smallest absolute Gasteiger partial charge is 0.137 e. The van der Waals surface area contributed by atoms with Gasteiger partial charge in [-0.2, -0.15) is 0 Å². The molecule has 4 heteroatoms. The van der Waals surface area contributed by atoms with Crippen LogP contribution in [0.4, 0.5) is 5.82 Å². The van der Waals surface area contributed by atoms with Crippen LogP contribution in [0.3, 0.4) is 0 Å². The highest BCUT2D eigenvalue weighted by atomic mass is 15.1. The number of aromatic nitrogens is 3. The first-order valence-corrected chi connectivity index (χ1v) is 6.68. The number of anilines is 1. The Bertz CT molecular complexity index is 546. The lowest BCUT2D eigenvalue weighted by Crippen LogP contribution is -2.23. The van der Waals surface area contributed by atoms with Crippen LogP contribution in [-0.2, 0) is 0 Å². The van der Waals surface area contributed by atoms with E-state index in [1.165, 1.54) is 32.1 Å². The van der Waals surface area contributed by atoms with Gasteiger partial charge < -0.3 is 5.32 Å². The fourth-order valence-corrected chi connectivity index (χ4v) is 2.65. The average molecular weight is 242 g/mol. The maximum atomic E-state index is 4.55. The first kappa shape index (κ1) is 11.4. The van der Waals surface area contributed by atoms with Crippen LogP contribution in [0.2, 0.25) is 0 Å². The van der Waals surface area contributed by atoms with Crippen LogP contribution < -0.4 is 5.32 Å². The van der Waals surface area contributed by atoms with Gasteiger partial charge in [-0.05, 0) is 25.8 Å². The lowest BCUT2D eigenvalue weighted by atomic mass is 9.95.